The minimum absolute atomic E-state index is 0.180. The lowest BCUT2D eigenvalue weighted by Crippen LogP contribution is -2.29. The summed E-state index contributed by atoms with van der Waals surface area (Å²) in [6, 6.07) is 12.6. The normalized spacial score (nSPS) is 12.4. The fraction of sp³-hybridized carbons (Fsp3) is 0.250. The van der Waals surface area contributed by atoms with E-state index in [4.69, 9.17) is 17.4 Å². The second-order valence-electron chi connectivity index (χ2n) is 4.63. The average molecular weight is 325 g/mol. The van der Waals surface area contributed by atoms with Crippen LogP contribution in [-0.2, 0) is 6.42 Å². The summed E-state index contributed by atoms with van der Waals surface area (Å²) < 4.78 is 13.9. The number of hydrazine groups is 1. The first-order valence-corrected chi connectivity index (χ1v) is 8.13. The smallest absolute Gasteiger partial charge is 0.127 e. The zero-order chi connectivity index (χ0) is 15.2. The molecule has 0 aliphatic rings. The van der Waals surface area contributed by atoms with Crippen LogP contribution in [0.1, 0.15) is 24.1 Å². The number of benzene rings is 2. The van der Waals surface area contributed by atoms with Crippen molar-refractivity contribution in [1.82, 2.24) is 5.43 Å². The molecule has 0 saturated heterocycles. The molecule has 0 aliphatic carbocycles. The standard InChI is InChI=1S/C16H18ClFN2S/c1-2-21-12-8-6-11(7-9-12)16(20-19)10-13-14(17)4-3-5-15(13)18/h3-9,16,20H,2,10,19H2,1H3. The Hall–Kier alpha value is -1.07. The molecule has 2 nitrogen and oxygen atoms in total. The zero-order valence-electron chi connectivity index (χ0n) is 11.8. The lowest BCUT2D eigenvalue weighted by molar-refractivity contribution is 0.529. The van der Waals surface area contributed by atoms with Crippen LogP contribution < -0.4 is 11.3 Å². The molecule has 0 fully saturated rings. The number of thioether (sulfide) groups is 1. The molecule has 0 radical (unpaired) electrons. The van der Waals surface area contributed by atoms with Crippen LogP contribution in [0, 0.1) is 5.82 Å². The van der Waals surface area contributed by atoms with Crippen molar-refractivity contribution in [2.45, 2.75) is 24.3 Å². The number of nitrogens with one attached hydrogen (secondary N) is 1. The van der Waals surface area contributed by atoms with Gasteiger partial charge in [0.25, 0.3) is 0 Å². The van der Waals surface area contributed by atoms with Crippen molar-refractivity contribution in [3.05, 3.63) is 64.4 Å². The first-order chi connectivity index (χ1) is 10.2. The maximum absolute atomic E-state index is 13.9. The molecule has 2 aromatic rings. The van der Waals surface area contributed by atoms with Gasteiger partial charge in [0.05, 0.1) is 6.04 Å². The maximum Gasteiger partial charge on any atom is 0.127 e. The molecule has 112 valence electrons. The Balaban J connectivity index is 2.19. The third-order valence-electron chi connectivity index (χ3n) is 3.26. The van der Waals surface area contributed by atoms with Gasteiger partial charge in [-0.3, -0.25) is 11.3 Å². The summed E-state index contributed by atoms with van der Waals surface area (Å²) in [6.45, 7) is 2.11. The van der Waals surface area contributed by atoms with Crippen molar-refractivity contribution in [3.8, 4) is 0 Å². The second kappa shape index (κ2) is 7.80. The highest BCUT2D eigenvalue weighted by molar-refractivity contribution is 7.99. The average Bonchev–Trinajstić information content (AvgIpc) is 2.49. The number of hydrogen-bond donors (Lipinski definition) is 2. The van der Waals surface area contributed by atoms with Crippen molar-refractivity contribution in [3.63, 3.8) is 0 Å². The Labute approximate surface area is 133 Å². The van der Waals surface area contributed by atoms with Crippen LogP contribution in [0.25, 0.3) is 0 Å². The van der Waals surface area contributed by atoms with Crippen molar-refractivity contribution in [1.29, 1.82) is 0 Å². The Morgan fingerprint density at radius 3 is 2.52 bits per heavy atom. The Morgan fingerprint density at radius 1 is 1.24 bits per heavy atom. The van der Waals surface area contributed by atoms with E-state index in [0.717, 1.165) is 11.3 Å². The van der Waals surface area contributed by atoms with E-state index in [1.165, 1.54) is 11.0 Å². The van der Waals surface area contributed by atoms with Gasteiger partial charge in [-0.25, -0.2) is 4.39 Å². The van der Waals surface area contributed by atoms with Gasteiger partial charge in [-0.1, -0.05) is 36.7 Å². The van der Waals surface area contributed by atoms with Gasteiger partial charge in [0.15, 0.2) is 0 Å². The van der Waals surface area contributed by atoms with Crippen LogP contribution in [0.3, 0.4) is 0 Å². The first-order valence-electron chi connectivity index (χ1n) is 6.77. The van der Waals surface area contributed by atoms with Gasteiger partial charge in [0.2, 0.25) is 0 Å². The number of rotatable bonds is 6. The third-order valence-corrected chi connectivity index (χ3v) is 4.51. The third kappa shape index (κ3) is 4.20. The highest BCUT2D eigenvalue weighted by Gasteiger charge is 2.15. The molecule has 1 unspecified atom stereocenters. The van der Waals surface area contributed by atoms with Gasteiger partial charge in [0.1, 0.15) is 5.82 Å². The van der Waals surface area contributed by atoms with Gasteiger partial charge in [-0.05, 0) is 42.0 Å². The van der Waals surface area contributed by atoms with E-state index < -0.39 is 0 Å². The summed E-state index contributed by atoms with van der Waals surface area (Å²) in [5, 5.41) is 0.424. The summed E-state index contributed by atoms with van der Waals surface area (Å²) >= 11 is 7.85. The van der Waals surface area contributed by atoms with E-state index in [1.54, 1.807) is 23.9 Å². The SMILES string of the molecule is CCSc1ccc(C(Cc2c(F)cccc2Cl)NN)cc1. The summed E-state index contributed by atoms with van der Waals surface area (Å²) in [4.78, 5) is 1.21. The van der Waals surface area contributed by atoms with Crippen LogP contribution >= 0.6 is 23.4 Å². The lowest BCUT2D eigenvalue weighted by Gasteiger charge is -2.18. The van der Waals surface area contributed by atoms with Crippen LogP contribution in [0.4, 0.5) is 4.39 Å². The molecule has 1 atom stereocenters. The molecular weight excluding hydrogens is 307 g/mol. The van der Waals surface area contributed by atoms with E-state index in [9.17, 15) is 4.39 Å². The molecule has 3 N–H and O–H groups in total. The molecule has 0 amide bonds. The Bertz CT molecular complexity index is 569. The van der Waals surface area contributed by atoms with E-state index in [-0.39, 0.29) is 11.9 Å². The van der Waals surface area contributed by atoms with Crippen molar-refractivity contribution >= 4 is 23.4 Å². The summed E-state index contributed by atoms with van der Waals surface area (Å²) in [5.41, 5.74) is 4.23. The van der Waals surface area contributed by atoms with E-state index in [1.807, 2.05) is 12.1 Å². The second-order valence-corrected chi connectivity index (χ2v) is 6.37. The molecule has 5 heteroatoms. The Morgan fingerprint density at radius 2 is 1.95 bits per heavy atom. The number of halogens is 2. The zero-order valence-corrected chi connectivity index (χ0v) is 13.3. The van der Waals surface area contributed by atoms with Crippen LogP contribution in [0.5, 0.6) is 0 Å². The fourth-order valence-corrected chi connectivity index (χ4v) is 3.07. The predicted molar refractivity (Wildman–Crippen MR) is 88.0 cm³/mol. The molecule has 0 aliphatic heterocycles. The van der Waals surface area contributed by atoms with Gasteiger partial charge in [-0.2, -0.15) is 0 Å². The predicted octanol–water partition coefficient (Wildman–Crippen LogP) is 4.34. The van der Waals surface area contributed by atoms with E-state index in [2.05, 4.69) is 24.5 Å². The molecule has 0 bridgehead atoms. The van der Waals surface area contributed by atoms with Crippen LogP contribution in [-0.4, -0.2) is 5.75 Å². The van der Waals surface area contributed by atoms with Gasteiger partial charge in [-0.15, -0.1) is 11.8 Å². The van der Waals surface area contributed by atoms with Crippen molar-refractivity contribution in [2.75, 3.05) is 5.75 Å². The van der Waals surface area contributed by atoms with Crippen LogP contribution in [0.2, 0.25) is 5.02 Å². The topological polar surface area (TPSA) is 38.0 Å². The Kier molecular flexibility index (Phi) is 6.06. The van der Waals surface area contributed by atoms with E-state index in [0.29, 0.717) is 17.0 Å². The number of nitrogens with two attached hydrogens (primary N) is 1. The highest BCUT2D eigenvalue weighted by Crippen LogP contribution is 2.27. The summed E-state index contributed by atoms with van der Waals surface area (Å²) in [6.07, 6.45) is 0.405. The molecule has 0 heterocycles. The molecule has 2 rings (SSSR count). The molecule has 0 spiro atoms. The van der Waals surface area contributed by atoms with Crippen LogP contribution in [0.15, 0.2) is 47.4 Å². The first kappa shape index (κ1) is 16.3. The minimum Gasteiger partial charge on any atom is -0.271 e. The molecule has 2 aromatic carbocycles. The molecule has 21 heavy (non-hydrogen) atoms. The summed E-state index contributed by atoms with van der Waals surface area (Å²) in [7, 11) is 0. The number of hydrogen-bond acceptors (Lipinski definition) is 3. The van der Waals surface area contributed by atoms with Gasteiger partial charge in [0, 0.05) is 15.5 Å². The largest absolute Gasteiger partial charge is 0.271 e. The molecule has 0 saturated carbocycles. The van der Waals surface area contributed by atoms with Gasteiger partial charge >= 0.3 is 0 Å². The molecular formula is C16H18ClFN2S. The van der Waals surface area contributed by atoms with Gasteiger partial charge < -0.3 is 0 Å². The van der Waals surface area contributed by atoms with Crippen molar-refractivity contribution < 1.29 is 4.39 Å². The summed E-state index contributed by atoms with van der Waals surface area (Å²) in [5.74, 6) is 6.35. The highest BCUT2D eigenvalue weighted by atomic mass is 35.5. The fourth-order valence-electron chi connectivity index (χ4n) is 2.17. The lowest BCUT2D eigenvalue weighted by atomic mass is 9.99. The minimum atomic E-state index is -0.305. The molecule has 0 aromatic heterocycles. The quantitative estimate of drug-likeness (QED) is 0.471. The van der Waals surface area contributed by atoms with E-state index >= 15 is 0 Å². The monoisotopic (exact) mass is 324 g/mol. The maximum atomic E-state index is 13.9. The van der Waals surface area contributed by atoms with Crippen molar-refractivity contribution in [2.24, 2.45) is 5.84 Å².